The van der Waals surface area contributed by atoms with Crippen molar-refractivity contribution in [2.24, 2.45) is 0 Å². The molecule has 2 heterocycles. The van der Waals surface area contributed by atoms with E-state index in [1.807, 2.05) is 50.2 Å². The fraction of sp³-hybridized carbons (Fsp3) is 0.174. The molecule has 0 bridgehead atoms. The third kappa shape index (κ3) is 4.26. The van der Waals surface area contributed by atoms with E-state index in [1.165, 1.54) is 0 Å². The first-order valence-corrected chi connectivity index (χ1v) is 11.2. The third-order valence-electron chi connectivity index (χ3n) is 4.42. The highest BCUT2D eigenvalue weighted by Gasteiger charge is 2.15. The van der Waals surface area contributed by atoms with Crippen LogP contribution in [0.4, 0.5) is 0 Å². The van der Waals surface area contributed by atoms with E-state index in [9.17, 15) is 0 Å². The number of nitriles is 1. The lowest BCUT2D eigenvalue weighted by molar-refractivity contribution is 0.340. The van der Waals surface area contributed by atoms with Crippen molar-refractivity contribution in [3.8, 4) is 22.9 Å². The zero-order valence-electron chi connectivity index (χ0n) is 16.2. The summed E-state index contributed by atoms with van der Waals surface area (Å²) in [4.78, 5) is 10.4. The molecule has 6 heteroatoms. The average Bonchev–Trinajstić information content (AvgIpc) is 3.17. The number of fused-ring (bicyclic) bond motifs is 1. The summed E-state index contributed by atoms with van der Waals surface area (Å²) in [6.45, 7) is 4.56. The normalized spacial score (nSPS) is 10.8. The molecule has 4 nitrogen and oxygen atoms in total. The van der Waals surface area contributed by atoms with Crippen molar-refractivity contribution in [2.75, 3.05) is 6.61 Å². The van der Waals surface area contributed by atoms with Crippen LogP contribution in [0.1, 0.15) is 23.9 Å². The summed E-state index contributed by atoms with van der Waals surface area (Å²) >= 11 is 3.32. The van der Waals surface area contributed by atoms with Gasteiger partial charge in [-0.2, -0.15) is 5.26 Å². The van der Waals surface area contributed by atoms with Gasteiger partial charge in [0, 0.05) is 16.7 Å². The molecule has 0 amide bonds. The Kier molecular flexibility index (Phi) is 5.79. The van der Waals surface area contributed by atoms with Crippen molar-refractivity contribution >= 4 is 33.3 Å². The van der Waals surface area contributed by atoms with E-state index in [0.717, 1.165) is 49.3 Å². The van der Waals surface area contributed by atoms with Gasteiger partial charge in [-0.1, -0.05) is 24.3 Å². The van der Waals surface area contributed by atoms with E-state index in [2.05, 4.69) is 28.6 Å². The lowest BCUT2D eigenvalue weighted by Crippen LogP contribution is -1.93. The smallest absolute Gasteiger partial charge is 0.128 e. The minimum absolute atomic E-state index is 0.654. The van der Waals surface area contributed by atoms with Crippen molar-refractivity contribution < 1.29 is 4.74 Å². The van der Waals surface area contributed by atoms with Gasteiger partial charge in [-0.15, -0.1) is 23.1 Å². The van der Waals surface area contributed by atoms with Gasteiger partial charge < -0.3 is 4.74 Å². The quantitative estimate of drug-likeness (QED) is 0.275. The van der Waals surface area contributed by atoms with Crippen LogP contribution in [0.15, 0.2) is 58.9 Å². The molecule has 0 saturated heterocycles. The maximum Gasteiger partial charge on any atom is 0.128 e. The van der Waals surface area contributed by atoms with Gasteiger partial charge in [0.2, 0.25) is 0 Å². The van der Waals surface area contributed by atoms with E-state index in [0.29, 0.717) is 12.2 Å². The molecule has 29 heavy (non-hydrogen) atoms. The van der Waals surface area contributed by atoms with Gasteiger partial charge in [-0.25, -0.2) is 9.97 Å². The van der Waals surface area contributed by atoms with Crippen LogP contribution in [0.5, 0.6) is 5.75 Å². The van der Waals surface area contributed by atoms with E-state index < -0.39 is 0 Å². The van der Waals surface area contributed by atoms with Crippen molar-refractivity contribution in [3.63, 3.8) is 0 Å². The van der Waals surface area contributed by atoms with Gasteiger partial charge in [0.1, 0.15) is 21.4 Å². The number of hydrogen-bond donors (Lipinski definition) is 0. The van der Waals surface area contributed by atoms with Crippen LogP contribution in [-0.4, -0.2) is 16.6 Å². The molecule has 0 aliphatic rings. The van der Waals surface area contributed by atoms with Crippen molar-refractivity contribution in [2.45, 2.75) is 24.6 Å². The molecule has 0 radical (unpaired) electrons. The number of ether oxygens (including phenoxy) is 1. The summed E-state index contributed by atoms with van der Waals surface area (Å²) < 4.78 is 5.56. The van der Waals surface area contributed by atoms with Crippen LogP contribution in [0, 0.1) is 18.3 Å². The summed E-state index contributed by atoms with van der Waals surface area (Å²) in [6.07, 6.45) is 0. The van der Waals surface area contributed by atoms with Crippen LogP contribution in [0.2, 0.25) is 0 Å². The molecule has 0 saturated carbocycles. The number of aromatic nitrogens is 2. The lowest BCUT2D eigenvalue weighted by atomic mass is 10.1. The van der Waals surface area contributed by atoms with Crippen LogP contribution in [0.25, 0.3) is 21.3 Å². The number of rotatable bonds is 6. The lowest BCUT2D eigenvalue weighted by Gasteiger charge is -2.08. The first-order valence-electron chi connectivity index (χ1n) is 9.29. The predicted molar refractivity (Wildman–Crippen MR) is 119 cm³/mol. The van der Waals surface area contributed by atoms with Crippen molar-refractivity contribution in [1.82, 2.24) is 9.97 Å². The Morgan fingerprint density at radius 2 is 1.97 bits per heavy atom. The minimum atomic E-state index is 0.654. The maximum atomic E-state index is 9.13. The minimum Gasteiger partial charge on any atom is -0.494 e. The third-order valence-corrected chi connectivity index (χ3v) is 6.34. The number of aryl methyl sites for hydroxylation is 1. The Hall–Kier alpha value is -2.88. The SMILES string of the molecule is CCOc1ccc(-c2csc3nc(C)nc(SCc4cccc(C#N)c4)c23)cc1. The first-order chi connectivity index (χ1) is 14.2. The molecule has 4 rings (SSSR count). The number of thioether (sulfide) groups is 1. The number of benzene rings is 2. The standard InChI is InChI=1S/C23H19N3OS2/c1-3-27-19-9-7-18(8-10-19)20-14-29-23-21(20)22(25-15(2)26-23)28-13-17-6-4-5-16(11-17)12-24/h4-11,14H,3,13H2,1-2H3. The molecule has 0 aliphatic carbocycles. The van der Waals surface area contributed by atoms with Crippen molar-refractivity contribution in [1.29, 1.82) is 5.26 Å². The molecular weight excluding hydrogens is 398 g/mol. The van der Waals surface area contributed by atoms with E-state index in [4.69, 9.17) is 15.0 Å². The van der Waals surface area contributed by atoms with Gasteiger partial charge in [0.15, 0.2) is 0 Å². The van der Waals surface area contributed by atoms with Gasteiger partial charge >= 0.3 is 0 Å². The van der Waals surface area contributed by atoms with Crippen LogP contribution in [-0.2, 0) is 5.75 Å². The Morgan fingerprint density at radius 3 is 2.72 bits per heavy atom. The second-order valence-electron chi connectivity index (χ2n) is 6.46. The summed E-state index contributed by atoms with van der Waals surface area (Å²) in [5, 5.41) is 13.3. The second-order valence-corrected chi connectivity index (χ2v) is 8.29. The molecule has 144 valence electrons. The molecule has 0 spiro atoms. The largest absolute Gasteiger partial charge is 0.494 e. The van der Waals surface area contributed by atoms with Crippen LogP contribution >= 0.6 is 23.1 Å². The van der Waals surface area contributed by atoms with E-state index in [-0.39, 0.29) is 0 Å². The monoisotopic (exact) mass is 417 g/mol. The molecule has 2 aromatic heterocycles. The molecule has 0 fully saturated rings. The van der Waals surface area contributed by atoms with E-state index in [1.54, 1.807) is 23.1 Å². The molecule has 0 atom stereocenters. The van der Waals surface area contributed by atoms with Gasteiger partial charge in [0.25, 0.3) is 0 Å². The number of thiophene rings is 1. The Labute approximate surface area is 178 Å². The molecule has 4 aromatic rings. The predicted octanol–water partition coefficient (Wildman–Crippen LogP) is 6.23. The zero-order chi connectivity index (χ0) is 20.2. The van der Waals surface area contributed by atoms with E-state index >= 15 is 0 Å². The molecule has 0 unspecified atom stereocenters. The van der Waals surface area contributed by atoms with Gasteiger partial charge in [-0.05, 0) is 49.2 Å². The topological polar surface area (TPSA) is 58.8 Å². The van der Waals surface area contributed by atoms with Gasteiger partial charge in [0.05, 0.1) is 23.6 Å². The Morgan fingerprint density at radius 1 is 1.14 bits per heavy atom. The van der Waals surface area contributed by atoms with Crippen molar-refractivity contribution in [3.05, 3.63) is 70.9 Å². The fourth-order valence-corrected chi connectivity index (χ4v) is 5.20. The summed E-state index contributed by atoms with van der Waals surface area (Å²) in [5.74, 6) is 2.39. The second kappa shape index (κ2) is 8.64. The van der Waals surface area contributed by atoms with Crippen LogP contribution < -0.4 is 4.74 Å². The van der Waals surface area contributed by atoms with Gasteiger partial charge in [-0.3, -0.25) is 0 Å². The summed E-state index contributed by atoms with van der Waals surface area (Å²) in [6, 6.07) is 18.1. The fourth-order valence-electron chi connectivity index (χ4n) is 3.11. The highest BCUT2D eigenvalue weighted by molar-refractivity contribution is 7.98. The Balaban J connectivity index is 1.70. The molecular formula is C23H19N3OS2. The zero-order valence-corrected chi connectivity index (χ0v) is 17.8. The molecule has 2 aromatic carbocycles. The number of hydrogen-bond acceptors (Lipinski definition) is 6. The average molecular weight is 418 g/mol. The highest BCUT2D eigenvalue weighted by atomic mass is 32.2. The van der Waals surface area contributed by atoms with Crippen LogP contribution in [0.3, 0.4) is 0 Å². The first kappa shape index (κ1) is 19.4. The summed E-state index contributed by atoms with van der Waals surface area (Å²) in [7, 11) is 0. The number of nitrogens with zero attached hydrogens (tertiary/aromatic N) is 3. The highest BCUT2D eigenvalue weighted by Crippen LogP contribution is 2.39. The summed E-state index contributed by atoms with van der Waals surface area (Å²) in [5.41, 5.74) is 4.05. The Bertz CT molecular complexity index is 1190. The maximum absolute atomic E-state index is 9.13. The molecule has 0 N–H and O–H groups in total. The molecule has 0 aliphatic heterocycles.